The first kappa shape index (κ1) is 33.6. The Morgan fingerprint density at radius 1 is 0.960 bits per heavy atom. The van der Waals surface area contributed by atoms with Gasteiger partial charge in [-0.15, -0.1) is 0 Å². The van der Waals surface area contributed by atoms with Gasteiger partial charge in [-0.3, -0.25) is 4.79 Å². The van der Waals surface area contributed by atoms with Gasteiger partial charge in [-0.1, -0.05) is 91.0 Å². The molecular weight excluding hydrogens is 632 g/mol. The molecule has 2 aromatic heterocycles. The number of nitrogens with one attached hydrogen (secondary N) is 2. The molecule has 6 N–H and O–H groups in total. The van der Waals surface area contributed by atoms with E-state index in [4.69, 9.17) is 25.4 Å². The topological polar surface area (TPSA) is 164 Å². The first-order valence-corrected chi connectivity index (χ1v) is 17.3. The standard InChI is InChI=1S/C38H44N8O4/c1-24(50-22-25-11-5-2-6-12-25)37(49)42-30-19-31(34(48)33(30)47)46-23-41-32-35(43-38(44-36(32)46)45-18-17-28(39)21-45)40-20-29(26-13-7-3-8-14-26)27-15-9-4-10-16-27/h2-16,23-24,28-31,33-34,47-48H,17-22,39H2,1H3,(H,42,49)(H,40,43,44)/t24?,28-,30+,31-,33-,34+/m1/s1. The summed E-state index contributed by atoms with van der Waals surface area (Å²) in [6.07, 6.45) is -0.392. The van der Waals surface area contributed by atoms with Gasteiger partial charge >= 0.3 is 0 Å². The van der Waals surface area contributed by atoms with Crippen LogP contribution in [0.2, 0.25) is 0 Å². The van der Waals surface area contributed by atoms with Gasteiger partial charge in [-0.2, -0.15) is 9.97 Å². The molecule has 1 unspecified atom stereocenters. The Hall–Kier alpha value is -4.88. The number of amides is 1. The van der Waals surface area contributed by atoms with Gasteiger partial charge in [0, 0.05) is 31.6 Å². The van der Waals surface area contributed by atoms with Gasteiger partial charge in [0.15, 0.2) is 17.0 Å². The molecule has 5 aromatic rings. The van der Waals surface area contributed by atoms with Crippen molar-refractivity contribution >= 4 is 28.8 Å². The number of anilines is 2. The molecular formula is C38H44N8O4. The molecule has 50 heavy (non-hydrogen) atoms. The van der Waals surface area contributed by atoms with E-state index < -0.39 is 30.4 Å². The van der Waals surface area contributed by atoms with Gasteiger partial charge in [0.1, 0.15) is 18.3 Å². The molecule has 3 heterocycles. The molecule has 1 amide bonds. The molecule has 3 aromatic carbocycles. The van der Waals surface area contributed by atoms with Crippen molar-refractivity contribution in [3.8, 4) is 0 Å². The highest BCUT2D eigenvalue weighted by Crippen LogP contribution is 2.35. The Kier molecular flexibility index (Phi) is 10.0. The van der Waals surface area contributed by atoms with E-state index in [9.17, 15) is 15.0 Å². The zero-order chi connectivity index (χ0) is 34.6. The molecule has 1 saturated carbocycles. The van der Waals surface area contributed by atoms with Crippen molar-refractivity contribution in [3.63, 3.8) is 0 Å². The first-order chi connectivity index (χ1) is 24.4. The summed E-state index contributed by atoms with van der Waals surface area (Å²) in [6.45, 7) is 3.86. The van der Waals surface area contributed by atoms with Crippen LogP contribution in [0.3, 0.4) is 0 Å². The lowest BCUT2D eigenvalue weighted by Gasteiger charge is -2.22. The smallest absolute Gasteiger partial charge is 0.249 e. The number of carbonyl (C=O) groups is 1. The SMILES string of the molecule is CC(OCc1ccccc1)C(=O)N[C@H]1C[C@@H](n2cnc3c(NCC(c4ccccc4)c4ccccc4)nc(N4CC[C@@H](N)C4)nc32)[C@H](O)[C@@H]1O. The van der Waals surface area contributed by atoms with Gasteiger partial charge in [-0.05, 0) is 36.5 Å². The summed E-state index contributed by atoms with van der Waals surface area (Å²) in [4.78, 5) is 29.8. The molecule has 1 aliphatic heterocycles. The minimum atomic E-state index is -1.20. The number of nitrogens with zero attached hydrogens (tertiary/aromatic N) is 5. The lowest BCUT2D eigenvalue weighted by atomic mass is 9.91. The number of fused-ring (bicyclic) bond motifs is 1. The van der Waals surface area contributed by atoms with E-state index in [0.717, 1.165) is 18.5 Å². The van der Waals surface area contributed by atoms with E-state index in [2.05, 4.69) is 39.8 Å². The van der Waals surface area contributed by atoms with Crippen LogP contribution in [0.4, 0.5) is 11.8 Å². The number of hydrogen-bond acceptors (Lipinski definition) is 10. The van der Waals surface area contributed by atoms with Crippen molar-refractivity contribution in [2.75, 3.05) is 29.9 Å². The summed E-state index contributed by atoms with van der Waals surface area (Å²) in [7, 11) is 0. The maximum Gasteiger partial charge on any atom is 0.249 e. The highest BCUT2D eigenvalue weighted by Gasteiger charge is 2.44. The lowest BCUT2D eigenvalue weighted by Crippen LogP contribution is -2.46. The molecule has 0 spiro atoms. The minimum Gasteiger partial charge on any atom is -0.388 e. The van der Waals surface area contributed by atoms with Crippen LogP contribution in [-0.2, 0) is 16.1 Å². The second kappa shape index (κ2) is 14.9. The van der Waals surface area contributed by atoms with E-state index >= 15 is 0 Å². The first-order valence-electron chi connectivity index (χ1n) is 17.3. The molecule has 6 atom stereocenters. The number of ether oxygens (including phenoxy) is 1. The molecule has 2 fully saturated rings. The van der Waals surface area contributed by atoms with E-state index in [0.29, 0.717) is 36.0 Å². The van der Waals surface area contributed by atoms with Crippen molar-refractivity contribution < 1.29 is 19.7 Å². The Balaban J connectivity index is 1.14. The number of rotatable bonds is 12. The maximum atomic E-state index is 13.1. The summed E-state index contributed by atoms with van der Waals surface area (Å²) in [5.41, 5.74) is 10.6. The average molecular weight is 677 g/mol. The summed E-state index contributed by atoms with van der Waals surface area (Å²) in [5, 5.41) is 28.9. The summed E-state index contributed by atoms with van der Waals surface area (Å²) in [5.74, 6) is 0.779. The fraction of sp³-hybridized carbons (Fsp3) is 0.368. The van der Waals surface area contributed by atoms with E-state index in [1.807, 2.05) is 66.7 Å². The zero-order valence-electron chi connectivity index (χ0n) is 28.0. The van der Waals surface area contributed by atoms with Gasteiger partial charge in [0.2, 0.25) is 11.9 Å². The largest absolute Gasteiger partial charge is 0.388 e. The lowest BCUT2D eigenvalue weighted by molar-refractivity contribution is -0.134. The molecule has 260 valence electrons. The molecule has 12 heteroatoms. The van der Waals surface area contributed by atoms with E-state index in [1.165, 1.54) is 11.1 Å². The van der Waals surface area contributed by atoms with Crippen molar-refractivity contribution in [2.45, 2.75) is 68.7 Å². The third kappa shape index (κ3) is 7.19. The van der Waals surface area contributed by atoms with Crippen molar-refractivity contribution in [3.05, 3.63) is 114 Å². The van der Waals surface area contributed by atoms with Gasteiger partial charge in [0.25, 0.3) is 0 Å². The number of imidazole rings is 1. The molecule has 1 saturated heterocycles. The van der Waals surface area contributed by atoms with E-state index in [-0.39, 0.29) is 30.9 Å². The highest BCUT2D eigenvalue weighted by molar-refractivity contribution is 5.85. The van der Waals surface area contributed by atoms with Gasteiger partial charge in [0.05, 0.1) is 25.0 Å². The average Bonchev–Trinajstić information content (AvgIpc) is 3.86. The third-order valence-electron chi connectivity index (χ3n) is 9.84. The Labute approximate surface area is 291 Å². The van der Waals surface area contributed by atoms with Crippen LogP contribution in [0.5, 0.6) is 0 Å². The second-order valence-corrected chi connectivity index (χ2v) is 13.3. The number of aromatic nitrogens is 4. The highest BCUT2D eigenvalue weighted by atomic mass is 16.5. The molecule has 2 aliphatic rings. The quantitative estimate of drug-likeness (QED) is 0.132. The van der Waals surface area contributed by atoms with Crippen LogP contribution in [0, 0.1) is 0 Å². The fourth-order valence-electron chi connectivity index (χ4n) is 6.98. The predicted molar refractivity (Wildman–Crippen MR) is 192 cm³/mol. The second-order valence-electron chi connectivity index (χ2n) is 13.3. The minimum absolute atomic E-state index is 0.0198. The fourth-order valence-corrected chi connectivity index (χ4v) is 6.98. The van der Waals surface area contributed by atoms with Crippen LogP contribution >= 0.6 is 0 Å². The maximum absolute atomic E-state index is 13.1. The number of nitrogens with two attached hydrogens (primary N) is 1. The Morgan fingerprint density at radius 3 is 2.26 bits per heavy atom. The molecule has 12 nitrogen and oxygen atoms in total. The van der Waals surface area contributed by atoms with Crippen LogP contribution in [0.1, 0.15) is 48.4 Å². The summed E-state index contributed by atoms with van der Waals surface area (Å²) >= 11 is 0. The summed E-state index contributed by atoms with van der Waals surface area (Å²) < 4.78 is 7.58. The predicted octanol–water partition coefficient (Wildman–Crippen LogP) is 3.36. The third-order valence-corrected chi connectivity index (χ3v) is 9.84. The Morgan fingerprint density at radius 2 is 1.62 bits per heavy atom. The molecule has 1 aliphatic carbocycles. The van der Waals surface area contributed by atoms with Gasteiger partial charge in [-0.25, -0.2) is 4.98 Å². The molecule has 0 bridgehead atoms. The zero-order valence-corrected chi connectivity index (χ0v) is 28.0. The van der Waals surface area contributed by atoms with Crippen LogP contribution < -0.4 is 21.3 Å². The van der Waals surface area contributed by atoms with Crippen molar-refractivity contribution in [1.29, 1.82) is 0 Å². The summed E-state index contributed by atoms with van der Waals surface area (Å²) in [6, 6.07) is 29.0. The van der Waals surface area contributed by atoms with Gasteiger partial charge < -0.3 is 40.8 Å². The van der Waals surface area contributed by atoms with Crippen LogP contribution in [0.25, 0.3) is 11.2 Å². The number of aliphatic hydroxyl groups excluding tert-OH is 2. The molecule has 0 radical (unpaired) electrons. The van der Waals surface area contributed by atoms with E-state index in [1.54, 1.807) is 17.8 Å². The Bertz CT molecular complexity index is 1840. The van der Waals surface area contributed by atoms with Crippen molar-refractivity contribution in [1.82, 2.24) is 24.8 Å². The van der Waals surface area contributed by atoms with Crippen molar-refractivity contribution in [2.24, 2.45) is 5.73 Å². The number of carbonyl (C=O) groups excluding carboxylic acids is 1. The van der Waals surface area contributed by atoms with Crippen LogP contribution in [-0.4, -0.2) is 85.7 Å². The number of hydrogen-bond donors (Lipinski definition) is 5. The number of benzene rings is 3. The monoisotopic (exact) mass is 676 g/mol. The normalized spacial score (nSPS) is 22.7. The number of aliphatic hydroxyl groups is 2. The molecule has 7 rings (SSSR count). The van der Waals surface area contributed by atoms with Crippen LogP contribution in [0.15, 0.2) is 97.3 Å².